The van der Waals surface area contributed by atoms with Gasteiger partial charge in [0.15, 0.2) is 11.3 Å². The first kappa shape index (κ1) is 14.0. The Bertz CT molecular complexity index is 610. The van der Waals surface area contributed by atoms with E-state index in [0.717, 1.165) is 0 Å². The highest BCUT2D eigenvalue weighted by atomic mass is 16.4. The second-order valence-electron chi connectivity index (χ2n) is 4.63. The fourth-order valence-electron chi connectivity index (χ4n) is 2.02. The monoisotopic (exact) mass is 269 g/mol. The molecular weight excluding hydrogens is 254 g/mol. The molecule has 0 bridgehead atoms. The van der Waals surface area contributed by atoms with E-state index in [9.17, 15) is 14.7 Å². The summed E-state index contributed by atoms with van der Waals surface area (Å²) in [4.78, 5) is 23.9. The van der Waals surface area contributed by atoms with Crippen molar-refractivity contribution in [1.82, 2.24) is 0 Å². The standard InChI is InChI=1S/C16H15NO3/c17-16(15(19)20,11-12-7-3-1-4-8-12)14(18)13-9-5-2-6-10-13/h1-10H,11,17H2,(H,19,20). The quantitative estimate of drug-likeness (QED) is 0.641. The van der Waals surface area contributed by atoms with E-state index in [1.807, 2.05) is 6.07 Å². The smallest absolute Gasteiger partial charge is 0.332 e. The van der Waals surface area contributed by atoms with Gasteiger partial charge in [-0.2, -0.15) is 0 Å². The van der Waals surface area contributed by atoms with Gasteiger partial charge in [0.2, 0.25) is 0 Å². The van der Waals surface area contributed by atoms with Gasteiger partial charge in [-0.1, -0.05) is 60.7 Å². The average molecular weight is 269 g/mol. The van der Waals surface area contributed by atoms with Crippen LogP contribution in [0.25, 0.3) is 0 Å². The Morgan fingerprint density at radius 1 is 0.950 bits per heavy atom. The number of Topliss-reactive ketones (excluding diaryl/α,β-unsaturated/α-hetero) is 1. The zero-order chi connectivity index (χ0) is 14.6. The van der Waals surface area contributed by atoms with Crippen molar-refractivity contribution in [3.05, 3.63) is 71.8 Å². The first-order chi connectivity index (χ1) is 9.54. The lowest BCUT2D eigenvalue weighted by Crippen LogP contribution is -2.56. The SMILES string of the molecule is NC(Cc1ccccc1)(C(=O)O)C(=O)c1ccccc1. The normalized spacial score (nSPS) is 13.4. The Morgan fingerprint density at radius 3 is 1.95 bits per heavy atom. The van der Waals surface area contributed by atoms with Gasteiger partial charge in [0, 0.05) is 12.0 Å². The van der Waals surface area contributed by atoms with Crippen molar-refractivity contribution < 1.29 is 14.7 Å². The molecule has 0 radical (unpaired) electrons. The van der Waals surface area contributed by atoms with Crippen LogP contribution in [0.3, 0.4) is 0 Å². The summed E-state index contributed by atoms with van der Waals surface area (Å²) in [7, 11) is 0. The minimum Gasteiger partial charge on any atom is -0.480 e. The second kappa shape index (κ2) is 5.67. The molecule has 0 amide bonds. The van der Waals surface area contributed by atoms with Gasteiger partial charge in [0.25, 0.3) is 0 Å². The van der Waals surface area contributed by atoms with Crippen molar-refractivity contribution in [3.63, 3.8) is 0 Å². The molecule has 1 unspecified atom stereocenters. The Balaban J connectivity index is 2.35. The van der Waals surface area contributed by atoms with Crippen LogP contribution < -0.4 is 5.73 Å². The van der Waals surface area contributed by atoms with Crippen molar-refractivity contribution in [3.8, 4) is 0 Å². The van der Waals surface area contributed by atoms with E-state index < -0.39 is 17.3 Å². The van der Waals surface area contributed by atoms with Gasteiger partial charge in [-0.05, 0) is 5.56 Å². The molecule has 4 heteroatoms. The van der Waals surface area contributed by atoms with Gasteiger partial charge in [-0.15, -0.1) is 0 Å². The van der Waals surface area contributed by atoms with Crippen molar-refractivity contribution >= 4 is 11.8 Å². The summed E-state index contributed by atoms with van der Waals surface area (Å²) in [5, 5.41) is 9.38. The van der Waals surface area contributed by atoms with Crippen LogP contribution in [0.4, 0.5) is 0 Å². The van der Waals surface area contributed by atoms with E-state index in [-0.39, 0.29) is 6.42 Å². The molecule has 4 nitrogen and oxygen atoms in total. The first-order valence-corrected chi connectivity index (χ1v) is 6.20. The number of carboxylic acids is 1. The number of benzene rings is 2. The van der Waals surface area contributed by atoms with Crippen LogP contribution >= 0.6 is 0 Å². The molecule has 1 atom stereocenters. The highest BCUT2D eigenvalue weighted by Gasteiger charge is 2.42. The molecule has 2 aromatic carbocycles. The van der Waals surface area contributed by atoms with Crippen LogP contribution in [0.5, 0.6) is 0 Å². The highest BCUT2D eigenvalue weighted by molar-refractivity contribution is 6.16. The number of carbonyl (C=O) groups excluding carboxylic acids is 1. The number of aliphatic carboxylic acids is 1. The van der Waals surface area contributed by atoms with E-state index in [2.05, 4.69) is 0 Å². The summed E-state index contributed by atoms with van der Waals surface area (Å²) in [5.74, 6) is -1.91. The molecule has 0 saturated heterocycles. The third kappa shape index (κ3) is 2.75. The van der Waals surface area contributed by atoms with E-state index in [4.69, 9.17) is 5.73 Å². The number of carboxylic acid groups (broad SMARTS) is 1. The fourth-order valence-corrected chi connectivity index (χ4v) is 2.02. The Kier molecular flexibility index (Phi) is 3.96. The molecule has 0 aliphatic rings. The predicted molar refractivity (Wildman–Crippen MR) is 75.5 cm³/mol. The molecular formula is C16H15NO3. The lowest BCUT2D eigenvalue weighted by molar-refractivity contribution is -0.141. The fraction of sp³-hybridized carbons (Fsp3) is 0.125. The third-order valence-electron chi connectivity index (χ3n) is 3.15. The number of carbonyl (C=O) groups is 2. The summed E-state index contributed by atoms with van der Waals surface area (Å²) in [6.45, 7) is 0. The maximum atomic E-state index is 12.4. The van der Waals surface area contributed by atoms with Crippen molar-refractivity contribution in [2.75, 3.05) is 0 Å². The topological polar surface area (TPSA) is 80.4 Å². The number of nitrogens with two attached hydrogens (primary N) is 1. The zero-order valence-corrected chi connectivity index (χ0v) is 10.8. The molecule has 0 saturated carbocycles. The minimum absolute atomic E-state index is 0.0447. The summed E-state index contributed by atoms with van der Waals surface area (Å²) in [6.07, 6.45) is -0.0447. The minimum atomic E-state index is -1.96. The maximum Gasteiger partial charge on any atom is 0.332 e. The first-order valence-electron chi connectivity index (χ1n) is 6.20. The molecule has 0 aliphatic heterocycles. The van der Waals surface area contributed by atoms with Gasteiger partial charge < -0.3 is 10.8 Å². The van der Waals surface area contributed by atoms with Crippen LogP contribution in [0.15, 0.2) is 60.7 Å². The Hall–Kier alpha value is -2.46. The summed E-state index contributed by atoms with van der Waals surface area (Å²) in [5.41, 5.74) is 4.95. The highest BCUT2D eigenvalue weighted by Crippen LogP contribution is 2.17. The molecule has 102 valence electrons. The van der Waals surface area contributed by atoms with Gasteiger partial charge in [-0.25, -0.2) is 4.79 Å². The summed E-state index contributed by atoms with van der Waals surface area (Å²) >= 11 is 0. The van der Waals surface area contributed by atoms with Crippen molar-refractivity contribution in [1.29, 1.82) is 0 Å². The number of rotatable bonds is 5. The lowest BCUT2D eigenvalue weighted by Gasteiger charge is -2.23. The van der Waals surface area contributed by atoms with Crippen LogP contribution in [-0.4, -0.2) is 22.4 Å². The lowest BCUT2D eigenvalue weighted by atomic mass is 9.84. The number of ketones is 1. The molecule has 20 heavy (non-hydrogen) atoms. The van der Waals surface area contributed by atoms with Crippen LogP contribution in [0.1, 0.15) is 15.9 Å². The largest absolute Gasteiger partial charge is 0.480 e. The molecule has 2 rings (SSSR count). The van der Waals surface area contributed by atoms with Gasteiger partial charge >= 0.3 is 5.97 Å². The van der Waals surface area contributed by atoms with E-state index in [1.54, 1.807) is 54.6 Å². The Labute approximate surface area is 116 Å². The van der Waals surface area contributed by atoms with Crippen LogP contribution in [-0.2, 0) is 11.2 Å². The summed E-state index contributed by atoms with van der Waals surface area (Å²) in [6, 6.07) is 17.1. The molecule has 3 N–H and O–H groups in total. The van der Waals surface area contributed by atoms with Gasteiger partial charge in [0.1, 0.15) is 0 Å². The van der Waals surface area contributed by atoms with Gasteiger partial charge in [0.05, 0.1) is 0 Å². The molecule has 0 aromatic heterocycles. The molecule has 0 heterocycles. The van der Waals surface area contributed by atoms with Crippen molar-refractivity contribution in [2.24, 2.45) is 5.73 Å². The second-order valence-corrected chi connectivity index (χ2v) is 4.63. The van der Waals surface area contributed by atoms with E-state index in [0.29, 0.717) is 11.1 Å². The number of hydrogen-bond acceptors (Lipinski definition) is 3. The molecule has 2 aromatic rings. The number of hydrogen-bond donors (Lipinski definition) is 2. The van der Waals surface area contributed by atoms with E-state index >= 15 is 0 Å². The molecule has 0 aliphatic carbocycles. The molecule has 0 spiro atoms. The van der Waals surface area contributed by atoms with Gasteiger partial charge in [-0.3, -0.25) is 4.79 Å². The van der Waals surface area contributed by atoms with Crippen LogP contribution in [0, 0.1) is 0 Å². The summed E-state index contributed by atoms with van der Waals surface area (Å²) < 4.78 is 0. The zero-order valence-electron chi connectivity index (χ0n) is 10.8. The average Bonchev–Trinajstić information content (AvgIpc) is 2.48. The predicted octanol–water partition coefficient (Wildman–Crippen LogP) is 1.89. The third-order valence-corrected chi connectivity index (χ3v) is 3.15. The van der Waals surface area contributed by atoms with E-state index in [1.165, 1.54) is 0 Å². The van der Waals surface area contributed by atoms with Crippen LogP contribution in [0.2, 0.25) is 0 Å². The Morgan fingerprint density at radius 2 is 1.45 bits per heavy atom. The molecule has 0 fully saturated rings. The maximum absolute atomic E-state index is 12.4. The van der Waals surface area contributed by atoms with Crippen molar-refractivity contribution in [2.45, 2.75) is 12.0 Å².